The number of rotatable bonds is 7. The highest BCUT2D eigenvalue weighted by molar-refractivity contribution is 5.96. The molecule has 0 aliphatic heterocycles. The van der Waals surface area contributed by atoms with Crippen molar-refractivity contribution in [2.24, 2.45) is 0 Å². The molecule has 0 aliphatic carbocycles. The van der Waals surface area contributed by atoms with Crippen molar-refractivity contribution in [2.75, 3.05) is 18.5 Å². The zero-order valence-electron chi connectivity index (χ0n) is 14.5. The van der Waals surface area contributed by atoms with Gasteiger partial charge in [0.05, 0.1) is 17.7 Å². The molecule has 0 atom stereocenters. The summed E-state index contributed by atoms with van der Waals surface area (Å²) in [6, 6.07) is 8.32. The fourth-order valence-corrected chi connectivity index (χ4v) is 2.03. The van der Waals surface area contributed by atoms with E-state index in [2.05, 4.69) is 5.32 Å². The lowest BCUT2D eigenvalue weighted by Gasteiger charge is -2.08. The number of benzene rings is 2. The van der Waals surface area contributed by atoms with E-state index < -0.39 is 41.7 Å². The molecule has 0 aliphatic rings. The van der Waals surface area contributed by atoms with Crippen LogP contribution in [-0.2, 0) is 14.3 Å². The van der Waals surface area contributed by atoms with Gasteiger partial charge >= 0.3 is 11.9 Å². The largest absolute Gasteiger partial charge is 0.462 e. The molecule has 1 N–H and O–H groups in total. The van der Waals surface area contributed by atoms with Crippen molar-refractivity contribution >= 4 is 23.5 Å². The summed E-state index contributed by atoms with van der Waals surface area (Å²) >= 11 is 0. The molecule has 0 fully saturated rings. The molecule has 6 nitrogen and oxygen atoms in total. The topological polar surface area (TPSA) is 81.7 Å². The predicted molar refractivity (Wildman–Crippen MR) is 92.3 cm³/mol. The van der Waals surface area contributed by atoms with Gasteiger partial charge in [-0.15, -0.1) is 0 Å². The van der Waals surface area contributed by atoms with E-state index in [9.17, 15) is 23.2 Å². The number of hydrogen-bond donors (Lipinski definition) is 1. The molecule has 142 valence electrons. The van der Waals surface area contributed by atoms with E-state index >= 15 is 0 Å². The number of esters is 2. The molecule has 0 saturated carbocycles. The molecule has 0 unspecified atom stereocenters. The Morgan fingerprint density at radius 1 is 0.963 bits per heavy atom. The lowest BCUT2D eigenvalue weighted by atomic mass is 10.2. The summed E-state index contributed by atoms with van der Waals surface area (Å²) in [5.41, 5.74) is 0.231. The third kappa shape index (κ3) is 5.88. The molecular weight excluding hydrogens is 360 g/mol. The zero-order valence-corrected chi connectivity index (χ0v) is 14.5. The smallest absolute Gasteiger partial charge is 0.341 e. The molecule has 1 amide bonds. The third-order valence-corrected chi connectivity index (χ3v) is 3.33. The number of halogens is 2. The van der Waals surface area contributed by atoms with E-state index in [1.807, 2.05) is 6.92 Å². The van der Waals surface area contributed by atoms with Gasteiger partial charge in [-0.1, -0.05) is 6.92 Å². The molecule has 0 saturated heterocycles. The van der Waals surface area contributed by atoms with Crippen LogP contribution in [-0.4, -0.2) is 31.1 Å². The second-order valence-electron chi connectivity index (χ2n) is 5.46. The van der Waals surface area contributed by atoms with Crippen LogP contribution >= 0.6 is 0 Å². The fourth-order valence-electron chi connectivity index (χ4n) is 2.03. The number of hydrogen-bond acceptors (Lipinski definition) is 5. The van der Waals surface area contributed by atoms with Crippen molar-refractivity contribution in [3.63, 3.8) is 0 Å². The van der Waals surface area contributed by atoms with E-state index in [1.54, 1.807) is 0 Å². The van der Waals surface area contributed by atoms with Gasteiger partial charge in [0.1, 0.15) is 11.6 Å². The van der Waals surface area contributed by atoms with Crippen molar-refractivity contribution in [1.29, 1.82) is 0 Å². The Balaban J connectivity index is 1.86. The maximum absolute atomic E-state index is 13.5. The molecule has 0 aromatic heterocycles. The Morgan fingerprint density at radius 3 is 2.30 bits per heavy atom. The summed E-state index contributed by atoms with van der Waals surface area (Å²) in [5, 5.41) is 2.46. The summed E-state index contributed by atoms with van der Waals surface area (Å²) < 4.78 is 36.0. The number of carbonyl (C=O) groups excluding carboxylic acids is 3. The molecule has 0 bridgehead atoms. The van der Waals surface area contributed by atoms with Crippen LogP contribution in [0, 0.1) is 11.6 Å². The van der Waals surface area contributed by atoms with Gasteiger partial charge in [-0.2, -0.15) is 0 Å². The highest BCUT2D eigenvalue weighted by Crippen LogP contribution is 2.12. The first-order chi connectivity index (χ1) is 12.9. The minimum absolute atomic E-state index is 0.317. The highest BCUT2D eigenvalue weighted by Gasteiger charge is 2.15. The van der Waals surface area contributed by atoms with Crippen molar-refractivity contribution < 1.29 is 32.6 Å². The standard InChI is InChI=1S/C19H17F2NO5/c1-2-9-26-18(24)12-3-6-14(7-4-12)22-17(23)11-27-19(25)15-8-5-13(20)10-16(15)21/h3-8,10H,2,9,11H2,1H3,(H,22,23). The van der Waals surface area contributed by atoms with Gasteiger partial charge in [0, 0.05) is 11.8 Å². The number of anilines is 1. The number of ether oxygens (including phenoxy) is 2. The van der Waals surface area contributed by atoms with Crippen molar-refractivity contribution in [3.8, 4) is 0 Å². The van der Waals surface area contributed by atoms with Crippen molar-refractivity contribution in [3.05, 3.63) is 65.2 Å². The lowest BCUT2D eigenvalue weighted by molar-refractivity contribution is -0.119. The van der Waals surface area contributed by atoms with Crippen LogP contribution in [0.1, 0.15) is 34.1 Å². The first-order valence-electron chi connectivity index (χ1n) is 8.10. The predicted octanol–water partition coefficient (Wildman–Crippen LogP) is 3.33. The minimum Gasteiger partial charge on any atom is -0.462 e. The van der Waals surface area contributed by atoms with Gasteiger partial charge in [0.15, 0.2) is 6.61 Å². The number of amides is 1. The molecule has 0 radical (unpaired) electrons. The van der Waals surface area contributed by atoms with Gasteiger partial charge < -0.3 is 14.8 Å². The van der Waals surface area contributed by atoms with Crippen LogP contribution in [0.2, 0.25) is 0 Å². The third-order valence-electron chi connectivity index (χ3n) is 3.33. The quantitative estimate of drug-likeness (QED) is 0.749. The van der Waals surface area contributed by atoms with Crippen LogP contribution in [0.5, 0.6) is 0 Å². The van der Waals surface area contributed by atoms with Gasteiger partial charge in [-0.05, 0) is 42.8 Å². The van der Waals surface area contributed by atoms with Crippen molar-refractivity contribution in [2.45, 2.75) is 13.3 Å². The van der Waals surface area contributed by atoms with Crippen LogP contribution < -0.4 is 5.32 Å². The molecule has 0 heterocycles. The Morgan fingerprint density at radius 2 is 1.67 bits per heavy atom. The molecule has 2 aromatic rings. The fraction of sp³-hybridized carbons (Fsp3) is 0.211. The average molecular weight is 377 g/mol. The zero-order chi connectivity index (χ0) is 19.8. The molecule has 27 heavy (non-hydrogen) atoms. The van der Waals surface area contributed by atoms with Crippen molar-refractivity contribution in [1.82, 2.24) is 0 Å². The van der Waals surface area contributed by atoms with Gasteiger partial charge in [0.25, 0.3) is 5.91 Å². The Bertz CT molecular complexity index is 836. The first kappa shape index (κ1) is 20.0. The van der Waals surface area contributed by atoms with Crippen LogP contribution in [0.15, 0.2) is 42.5 Å². The van der Waals surface area contributed by atoms with Gasteiger partial charge in [-0.25, -0.2) is 18.4 Å². The van der Waals surface area contributed by atoms with Gasteiger partial charge in [0.2, 0.25) is 0 Å². The average Bonchev–Trinajstić information content (AvgIpc) is 2.64. The van der Waals surface area contributed by atoms with E-state index in [1.165, 1.54) is 24.3 Å². The van der Waals surface area contributed by atoms with Crippen LogP contribution in [0.4, 0.5) is 14.5 Å². The van der Waals surface area contributed by atoms with E-state index in [0.29, 0.717) is 30.3 Å². The number of carbonyl (C=O) groups is 3. The number of nitrogens with one attached hydrogen (secondary N) is 1. The highest BCUT2D eigenvalue weighted by atomic mass is 19.1. The Hall–Kier alpha value is -3.29. The summed E-state index contributed by atoms with van der Waals surface area (Å²) in [6.45, 7) is 1.54. The second kappa shape index (κ2) is 9.42. The van der Waals surface area contributed by atoms with E-state index in [-0.39, 0.29) is 0 Å². The van der Waals surface area contributed by atoms with E-state index in [4.69, 9.17) is 9.47 Å². The summed E-state index contributed by atoms with van der Waals surface area (Å²) in [7, 11) is 0. The Kier molecular flexibility index (Phi) is 6.99. The van der Waals surface area contributed by atoms with Crippen LogP contribution in [0.25, 0.3) is 0 Å². The lowest BCUT2D eigenvalue weighted by Crippen LogP contribution is -2.21. The maximum Gasteiger partial charge on any atom is 0.341 e. The molecule has 8 heteroatoms. The Labute approximate surface area is 154 Å². The molecule has 2 aromatic carbocycles. The summed E-state index contributed by atoms with van der Waals surface area (Å²) in [5.74, 6) is -4.12. The van der Waals surface area contributed by atoms with Gasteiger partial charge in [-0.3, -0.25) is 4.79 Å². The molecular formula is C19H17F2NO5. The summed E-state index contributed by atoms with van der Waals surface area (Å²) in [6.07, 6.45) is 0.709. The first-order valence-corrected chi connectivity index (χ1v) is 8.10. The monoisotopic (exact) mass is 377 g/mol. The molecule has 0 spiro atoms. The summed E-state index contributed by atoms with van der Waals surface area (Å²) in [4.78, 5) is 35.2. The van der Waals surface area contributed by atoms with Crippen LogP contribution in [0.3, 0.4) is 0 Å². The minimum atomic E-state index is -1.09. The normalized spacial score (nSPS) is 10.2. The second-order valence-corrected chi connectivity index (χ2v) is 5.46. The SMILES string of the molecule is CCCOC(=O)c1ccc(NC(=O)COC(=O)c2ccc(F)cc2F)cc1. The maximum atomic E-state index is 13.5. The molecule has 2 rings (SSSR count). The van der Waals surface area contributed by atoms with E-state index in [0.717, 1.165) is 12.1 Å².